The summed E-state index contributed by atoms with van der Waals surface area (Å²) in [5, 5.41) is 1.01. The number of hydrogen-bond donors (Lipinski definition) is 0. The first-order valence-electron chi connectivity index (χ1n) is 14.5. The van der Waals surface area contributed by atoms with E-state index in [4.69, 9.17) is 27.6 Å². The predicted octanol–water partition coefficient (Wildman–Crippen LogP) is 9.14. The first-order chi connectivity index (χ1) is 18.8. The van der Waals surface area contributed by atoms with Crippen LogP contribution in [0.1, 0.15) is 81.0 Å². The summed E-state index contributed by atoms with van der Waals surface area (Å²) in [5.74, 6) is 2.26. The molecule has 1 amide bonds. The molecule has 39 heavy (non-hydrogen) atoms. The van der Waals surface area contributed by atoms with E-state index in [2.05, 4.69) is 37.8 Å². The van der Waals surface area contributed by atoms with Gasteiger partial charge in [0.05, 0.1) is 16.6 Å². The van der Waals surface area contributed by atoms with Crippen molar-refractivity contribution in [1.82, 2.24) is 9.80 Å². The maximum Gasteiger partial charge on any atom is 0.254 e. The molecule has 1 aliphatic heterocycles. The molecule has 1 fully saturated rings. The normalized spacial score (nSPS) is 14.7. The van der Waals surface area contributed by atoms with Gasteiger partial charge in [-0.15, -0.1) is 0 Å². The van der Waals surface area contributed by atoms with Gasteiger partial charge in [0.2, 0.25) is 0 Å². The Kier molecular flexibility index (Phi) is 11.0. The van der Waals surface area contributed by atoms with Gasteiger partial charge in [-0.25, -0.2) is 0 Å². The number of carbonyl (C=O) groups excluding carboxylic acids is 1. The van der Waals surface area contributed by atoms with Crippen molar-refractivity contribution in [3.05, 3.63) is 81.5 Å². The molecule has 1 saturated heterocycles. The molecule has 0 aliphatic carbocycles. The van der Waals surface area contributed by atoms with Gasteiger partial charge in [-0.05, 0) is 92.6 Å². The molecule has 2 aromatic carbocycles. The summed E-state index contributed by atoms with van der Waals surface area (Å²) in [7, 11) is 0. The molecule has 1 aliphatic rings. The van der Waals surface area contributed by atoms with Gasteiger partial charge in [-0.1, -0.05) is 68.9 Å². The number of likely N-dealkylation sites (tertiary alicyclic amines) is 1. The average molecular weight is 570 g/mol. The Morgan fingerprint density at radius 1 is 1.00 bits per heavy atom. The Balaban J connectivity index is 1.50. The van der Waals surface area contributed by atoms with Crippen molar-refractivity contribution in [3.63, 3.8) is 0 Å². The summed E-state index contributed by atoms with van der Waals surface area (Å²) < 4.78 is 6.23. The van der Waals surface area contributed by atoms with Gasteiger partial charge >= 0.3 is 0 Å². The van der Waals surface area contributed by atoms with Crippen LogP contribution in [-0.4, -0.2) is 41.4 Å². The van der Waals surface area contributed by atoms with Crippen molar-refractivity contribution in [3.8, 4) is 11.3 Å². The van der Waals surface area contributed by atoms with Crippen LogP contribution in [-0.2, 0) is 13.0 Å². The van der Waals surface area contributed by atoms with Gasteiger partial charge in [-0.2, -0.15) is 0 Å². The first kappa shape index (κ1) is 29.7. The number of benzene rings is 2. The molecule has 0 bridgehead atoms. The Morgan fingerprint density at radius 2 is 1.74 bits per heavy atom. The van der Waals surface area contributed by atoms with Crippen LogP contribution in [0.3, 0.4) is 0 Å². The van der Waals surface area contributed by atoms with E-state index in [9.17, 15) is 4.79 Å². The van der Waals surface area contributed by atoms with Crippen LogP contribution in [0.4, 0.5) is 0 Å². The minimum Gasteiger partial charge on any atom is -0.459 e. The average Bonchev–Trinajstić information content (AvgIpc) is 3.41. The summed E-state index contributed by atoms with van der Waals surface area (Å²) in [5.41, 5.74) is 2.90. The fourth-order valence-electron chi connectivity index (χ4n) is 5.26. The van der Waals surface area contributed by atoms with E-state index >= 15 is 0 Å². The van der Waals surface area contributed by atoms with Crippen LogP contribution in [0.25, 0.3) is 11.3 Å². The van der Waals surface area contributed by atoms with Crippen LogP contribution >= 0.6 is 23.2 Å². The number of hydrogen-bond acceptors (Lipinski definition) is 3. The fourth-order valence-corrected chi connectivity index (χ4v) is 5.55. The molecular formula is C33H42Cl2N2O2. The van der Waals surface area contributed by atoms with E-state index in [0.29, 0.717) is 22.5 Å². The van der Waals surface area contributed by atoms with E-state index in [1.54, 1.807) is 6.07 Å². The van der Waals surface area contributed by atoms with Crippen molar-refractivity contribution < 1.29 is 9.21 Å². The molecule has 4 nitrogen and oxygen atoms in total. The summed E-state index contributed by atoms with van der Waals surface area (Å²) >= 11 is 12.3. The molecule has 0 radical (unpaired) electrons. The molecular weight excluding hydrogens is 527 g/mol. The monoisotopic (exact) mass is 568 g/mol. The van der Waals surface area contributed by atoms with Gasteiger partial charge in [0, 0.05) is 30.3 Å². The molecule has 0 N–H and O–H groups in total. The van der Waals surface area contributed by atoms with Crippen LogP contribution in [0.5, 0.6) is 0 Å². The second kappa shape index (κ2) is 14.4. The smallest absolute Gasteiger partial charge is 0.254 e. The van der Waals surface area contributed by atoms with Crippen LogP contribution < -0.4 is 0 Å². The van der Waals surface area contributed by atoms with Crippen LogP contribution in [0.15, 0.2) is 59.0 Å². The van der Waals surface area contributed by atoms with Crippen molar-refractivity contribution in [2.24, 2.45) is 5.92 Å². The van der Waals surface area contributed by atoms with Crippen molar-refractivity contribution in [2.75, 3.05) is 19.6 Å². The molecule has 0 unspecified atom stereocenters. The number of furan rings is 1. The Hall–Kier alpha value is -2.27. The van der Waals surface area contributed by atoms with Gasteiger partial charge < -0.3 is 14.2 Å². The molecule has 3 aromatic rings. The summed E-state index contributed by atoms with van der Waals surface area (Å²) in [6.45, 7) is 10.4. The van der Waals surface area contributed by atoms with Crippen molar-refractivity contribution >= 4 is 29.1 Å². The number of unbranched alkanes of at least 4 members (excludes halogenated alkanes) is 2. The van der Waals surface area contributed by atoms with E-state index < -0.39 is 0 Å². The zero-order valence-electron chi connectivity index (χ0n) is 23.6. The molecule has 0 atom stereocenters. The van der Waals surface area contributed by atoms with Crippen LogP contribution in [0, 0.1) is 5.92 Å². The Bertz CT molecular complexity index is 1200. The van der Waals surface area contributed by atoms with Crippen molar-refractivity contribution in [2.45, 2.75) is 78.3 Å². The van der Waals surface area contributed by atoms with Crippen LogP contribution in [0.2, 0.25) is 10.0 Å². The number of nitrogens with zero attached hydrogens (tertiary/aromatic N) is 2. The highest BCUT2D eigenvalue weighted by atomic mass is 35.5. The fraction of sp³-hybridized carbons (Fsp3) is 0.485. The third-order valence-electron chi connectivity index (χ3n) is 7.74. The van der Waals surface area contributed by atoms with Gasteiger partial charge in [0.1, 0.15) is 11.5 Å². The lowest BCUT2D eigenvalue weighted by Crippen LogP contribution is -2.47. The highest BCUT2D eigenvalue weighted by Crippen LogP contribution is 2.31. The quantitative estimate of drug-likeness (QED) is 0.204. The number of carbonyl (C=O) groups is 1. The summed E-state index contributed by atoms with van der Waals surface area (Å²) in [6, 6.07) is 17.8. The standard InChI is InChI=1S/C33H42Cl2N2O2/c1-4-5-6-7-25-8-10-26(11-9-25)33(38)37(28-17-20-36(21-18-28)19-16-24(2)3)23-29-13-15-32(39-29)27-12-14-30(34)31(35)22-27/h8-15,22,24,28H,4-7,16-21,23H2,1-3H3. The largest absolute Gasteiger partial charge is 0.459 e. The molecule has 1 aromatic heterocycles. The minimum atomic E-state index is 0.0724. The van der Waals surface area contributed by atoms with E-state index in [1.807, 2.05) is 41.3 Å². The lowest BCUT2D eigenvalue weighted by Gasteiger charge is -2.38. The maximum absolute atomic E-state index is 13.9. The lowest BCUT2D eigenvalue weighted by molar-refractivity contribution is 0.0527. The second-order valence-corrected chi connectivity index (χ2v) is 12.1. The predicted molar refractivity (Wildman–Crippen MR) is 163 cm³/mol. The minimum absolute atomic E-state index is 0.0724. The van der Waals surface area contributed by atoms with Gasteiger partial charge in [-0.3, -0.25) is 4.79 Å². The molecule has 2 heterocycles. The zero-order valence-corrected chi connectivity index (χ0v) is 25.1. The van der Waals surface area contributed by atoms with Gasteiger partial charge in [0.25, 0.3) is 5.91 Å². The number of amides is 1. The van der Waals surface area contributed by atoms with E-state index in [-0.39, 0.29) is 11.9 Å². The number of halogens is 2. The third kappa shape index (κ3) is 8.36. The summed E-state index contributed by atoms with van der Waals surface area (Å²) in [6.07, 6.45) is 7.84. The maximum atomic E-state index is 13.9. The highest BCUT2D eigenvalue weighted by molar-refractivity contribution is 6.42. The molecule has 210 valence electrons. The van der Waals surface area contributed by atoms with Gasteiger partial charge in [0.15, 0.2) is 0 Å². The Labute approximate surface area is 244 Å². The Morgan fingerprint density at radius 3 is 2.41 bits per heavy atom. The number of rotatable bonds is 12. The first-order valence-corrected chi connectivity index (χ1v) is 15.3. The zero-order chi connectivity index (χ0) is 27.8. The number of piperidine rings is 1. The lowest BCUT2D eigenvalue weighted by atomic mass is 10.00. The summed E-state index contributed by atoms with van der Waals surface area (Å²) in [4.78, 5) is 18.5. The van der Waals surface area contributed by atoms with E-state index in [0.717, 1.165) is 61.5 Å². The molecule has 4 rings (SSSR count). The number of aryl methyl sites for hydroxylation is 1. The topological polar surface area (TPSA) is 36.7 Å². The SMILES string of the molecule is CCCCCc1ccc(C(=O)N(Cc2ccc(-c3ccc(Cl)c(Cl)c3)o2)C2CCN(CCC(C)C)CC2)cc1. The molecule has 6 heteroatoms. The molecule has 0 saturated carbocycles. The molecule has 0 spiro atoms. The second-order valence-electron chi connectivity index (χ2n) is 11.2. The van der Waals surface area contributed by atoms with Crippen molar-refractivity contribution in [1.29, 1.82) is 0 Å². The van der Waals surface area contributed by atoms with E-state index in [1.165, 1.54) is 31.2 Å². The third-order valence-corrected chi connectivity index (χ3v) is 8.48. The highest BCUT2D eigenvalue weighted by Gasteiger charge is 2.29.